The standard InChI is InChI=1S/C43H55Si.3ClH.Ti/c1-28-19-29(2)22-34(21-28)44(35-23-30(3)20-31(4)24-35,36-26-32(42(5,6)7)25-33(27-36)43(8,9)10)41-39-17-13-11-15-37(39)38-16-12-14-18-40(38)41;;;;/h11,13,15,17-27,37-41H,12,14,16H2,1-10H3;3*1H;/q-1;;;;+4/p-3. The molecule has 0 nitrogen and oxygen atoms in total. The molecule has 0 N–H and O–H groups in total. The van der Waals surface area contributed by atoms with Crippen LogP contribution in [0.1, 0.15) is 94.2 Å². The van der Waals surface area contributed by atoms with E-state index in [0.29, 0.717) is 23.3 Å². The van der Waals surface area contributed by atoms with E-state index in [9.17, 15) is 0 Å². The first-order valence-electron chi connectivity index (χ1n) is 17.2. The number of rotatable bonds is 4. The quantitative estimate of drug-likeness (QED) is 0.206. The Morgan fingerprint density at radius 2 is 1.00 bits per heavy atom. The summed E-state index contributed by atoms with van der Waals surface area (Å²) in [5.41, 5.74) is 9.20. The number of allylic oxidation sites excluding steroid dienone is 4. The summed E-state index contributed by atoms with van der Waals surface area (Å²) in [6.45, 7) is 23.7. The van der Waals surface area contributed by atoms with Crippen molar-refractivity contribution in [1.82, 2.24) is 0 Å². The van der Waals surface area contributed by atoms with E-state index in [4.69, 9.17) is 0 Å². The maximum Gasteiger partial charge on any atom is 4.00 e. The zero-order valence-electron chi connectivity index (χ0n) is 30.7. The van der Waals surface area contributed by atoms with Gasteiger partial charge in [-0.3, -0.25) is 0 Å². The van der Waals surface area contributed by atoms with E-state index in [-0.39, 0.29) is 69.8 Å². The van der Waals surface area contributed by atoms with Gasteiger partial charge in [0.1, 0.15) is 8.07 Å². The summed E-state index contributed by atoms with van der Waals surface area (Å²) in [6, 6.07) is 23.1. The summed E-state index contributed by atoms with van der Waals surface area (Å²) in [4.78, 5) is 0. The summed E-state index contributed by atoms with van der Waals surface area (Å²) in [6.07, 6.45) is 16.7. The molecule has 0 amide bonds. The second-order valence-corrected chi connectivity index (χ2v) is 20.7. The SMILES string of the molecule is Cc1cc(C)cc([Si](c2cc(C)cc(C)c2)(c2cc(C(C)(C)C)cc(C(C)(C)C)c2)C2C3C=CC=CC3C3CCC[CH-]C32)c1.[Cl-].[Cl-].[Cl-].[Ti+4]. The summed E-state index contributed by atoms with van der Waals surface area (Å²) in [5.74, 6) is 2.53. The number of benzene rings is 3. The van der Waals surface area contributed by atoms with E-state index in [0.717, 1.165) is 5.92 Å². The molecule has 5 unspecified atom stereocenters. The molecule has 3 aliphatic rings. The van der Waals surface area contributed by atoms with Crippen LogP contribution in [-0.2, 0) is 32.5 Å². The first kappa shape index (κ1) is 43.1. The Balaban J connectivity index is 0.00000200. The molecule has 0 saturated heterocycles. The normalized spacial score (nSPS) is 23.1. The van der Waals surface area contributed by atoms with Crippen LogP contribution >= 0.6 is 0 Å². The van der Waals surface area contributed by atoms with Crippen LogP contribution in [0.5, 0.6) is 0 Å². The van der Waals surface area contributed by atoms with Crippen molar-refractivity contribution in [3.8, 4) is 0 Å². The molecule has 0 heterocycles. The van der Waals surface area contributed by atoms with Crippen molar-refractivity contribution in [2.75, 3.05) is 0 Å². The summed E-state index contributed by atoms with van der Waals surface area (Å²) in [7, 11) is -2.67. The maximum absolute atomic E-state index is 2.80. The third-order valence-electron chi connectivity index (χ3n) is 11.2. The van der Waals surface area contributed by atoms with Gasteiger partial charge in [-0.05, 0) is 77.0 Å². The Morgan fingerprint density at radius 3 is 1.44 bits per heavy atom. The van der Waals surface area contributed by atoms with Crippen molar-refractivity contribution in [1.29, 1.82) is 0 Å². The summed E-state index contributed by atoms with van der Waals surface area (Å²) < 4.78 is 0. The van der Waals surface area contributed by atoms with E-state index >= 15 is 0 Å². The Bertz CT molecular complexity index is 1500. The molecule has 0 bridgehead atoms. The molecule has 5 atom stereocenters. The molecular weight excluding hydrogens is 699 g/mol. The van der Waals surface area contributed by atoms with Gasteiger partial charge < -0.3 is 43.6 Å². The molecule has 2 fully saturated rings. The Hall–Kier alpha value is -1.06. The molecule has 3 aliphatic carbocycles. The van der Waals surface area contributed by atoms with E-state index in [1.807, 2.05) is 0 Å². The fourth-order valence-corrected chi connectivity index (χ4v) is 16.0. The van der Waals surface area contributed by atoms with E-state index in [2.05, 4.69) is 155 Å². The van der Waals surface area contributed by atoms with Crippen molar-refractivity contribution in [2.24, 2.45) is 23.7 Å². The van der Waals surface area contributed by atoms with Crippen LogP contribution in [0.15, 0.2) is 78.9 Å². The van der Waals surface area contributed by atoms with Gasteiger partial charge in [-0.15, -0.1) is 0 Å². The van der Waals surface area contributed by atoms with Gasteiger partial charge in [0.05, 0.1) is 0 Å². The molecule has 0 spiro atoms. The minimum Gasteiger partial charge on any atom is -1.00 e. The fourth-order valence-electron chi connectivity index (χ4n) is 9.36. The molecule has 6 rings (SSSR count). The number of hydrogen-bond donors (Lipinski definition) is 0. The molecule has 0 aliphatic heterocycles. The van der Waals surface area contributed by atoms with Crippen LogP contribution in [0.4, 0.5) is 0 Å². The predicted molar refractivity (Wildman–Crippen MR) is 194 cm³/mol. The van der Waals surface area contributed by atoms with Gasteiger partial charge in [-0.2, -0.15) is 12.3 Å². The first-order valence-corrected chi connectivity index (χ1v) is 19.3. The van der Waals surface area contributed by atoms with Crippen molar-refractivity contribution >= 4 is 23.6 Å². The minimum absolute atomic E-state index is 0. The second kappa shape index (κ2) is 16.1. The molecule has 0 radical (unpaired) electrons. The van der Waals surface area contributed by atoms with Gasteiger partial charge in [-0.1, -0.05) is 167 Å². The van der Waals surface area contributed by atoms with Crippen molar-refractivity contribution < 1.29 is 58.9 Å². The van der Waals surface area contributed by atoms with Crippen LogP contribution < -0.4 is 52.8 Å². The topological polar surface area (TPSA) is 0 Å². The molecule has 48 heavy (non-hydrogen) atoms. The third-order valence-corrected chi connectivity index (χ3v) is 16.6. The van der Waals surface area contributed by atoms with Crippen LogP contribution in [0.25, 0.3) is 0 Å². The van der Waals surface area contributed by atoms with Crippen LogP contribution in [-0.4, -0.2) is 8.07 Å². The molecule has 256 valence electrons. The largest absolute Gasteiger partial charge is 4.00 e. The number of hydrogen-bond acceptors (Lipinski definition) is 0. The fraction of sp³-hybridized carbons (Fsp3) is 0.465. The van der Waals surface area contributed by atoms with Gasteiger partial charge in [0, 0.05) is 0 Å². The van der Waals surface area contributed by atoms with Crippen molar-refractivity contribution in [3.05, 3.63) is 119 Å². The Kier molecular flexibility index (Phi) is 14.4. The average molecular weight is 754 g/mol. The van der Waals surface area contributed by atoms with Gasteiger partial charge in [0.15, 0.2) is 0 Å². The number of fused-ring (bicyclic) bond motifs is 3. The predicted octanol–water partition coefficient (Wildman–Crippen LogP) is 0.358. The summed E-state index contributed by atoms with van der Waals surface area (Å²) >= 11 is 0. The summed E-state index contributed by atoms with van der Waals surface area (Å²) in [5, 5.41) is 4.84. The van der Waals surface area contributed by atoms with Gasteiger partial charge >= 0.3 is 21.7 Å². The maximum atomic E-state index is 2.80. The van der Waals surface area contributed by atoms with E-state index in [1.54, 1.807) is 15.6 Å². The van der Waals surface area contributed by atoms with E-state index < -0.39 is 8.07 Å². The zero-order chi connectivity index (χ0) is 31.6. The number of aryl methyl sites for hydroxylation is 4. The molecule has 5 heteroatoms. The van der Waals surface area contributed by atoms with Crippen LogP contribution in [0.2, 0.25) is 5.54 Å². The Labute approximate surface area is 327 Å². The van der Waals surface area contributed by atoms with Crippen LogP contribution in [0, 0.1) is 57.8 Å². The third kappa shape index (κ3) is 7.88. The van der Waals surface area contributed by atoms with E-state index in [1.165, 1.54) is 52.6 Å². The van der Waals surface area contributed by atoms with Crippen molar-refractivity contribution in [3.63, 3.8) is 0 Å². The minimum atomic E-state index is -2.67. The van der Waals surface area contributed by atoms with Crippen LogP contribution in [0.3, 0.4) is 0 Å². The van der Waals surface area contributed by atoms with Gasteiger partial charge in [0.2, 0.25) is 0 Å². The molecular formula is C43H55Cl3SiTi. The number of halogens is 3. The monoisotopic (exact) mass is 752 g/mol. The molecule has 3 aromatic rings. The smallest absolute Gasteiger partial charge is 1.00 e. The van der Waals surface area contributed by atoms with Gasteiger partial charge in [-0.25, -0.2) is 0 Å². The Morgan fingerprint density at radius 1 is 0.583 bits per heavy atom. The first-order chi connectivity index (χ1) is 20.7. The zero-order valence-corrected chi connectivity index (χ0v) is 35.6. The average Bonchev–Trinajstić information content (AvgIpc) is 3.26. The van der Waals surface area contributed by atoms with Crippen molar-refractivity contribution in [2.45, 2.75) is 105 Å². The molecule has 3 aromatic carbocycles. The molecule has 0 aromatic heterocycles. The second-order valence-electron chi connectivity index (χ2n) is 16.7. The van der Waals surface area contributed by atoms with Gasteiger partial charge in [0.25, 0.3) is 0 Å². The molecule has 2 saturated carbocycles.